The summed E-state index contributed by atoms with van der Waals surface area (Å²) in [5, 5.41) is 6.38. The molecule has 5 heteroatoms. The van der Waals surface area contributed by atoms with Gasteiger partial charge in [-0.1, -0.05) is 67.6 Å². The highest BCUT2D eigenvalue weighted by Gasteiger charge is 2.40. The number of piperidine rings is 1. The molecule has 0 spiro atoms. The SMILES string of the molecule is CCCNCCNC(=O)C1CCC(=O)N(Cc2ccccc2)C1c1ccccc1. The van der Waals surface area contributed by atoms with Crippen LogP contribution in [-0.4, -0.2) is 36.3 Å². The molecule has 0 aromatic heterocycles. The van der Waals surface area contributed by atoms with Crippen molar-refractivity contribution in [3.63, 3.8) is 0 Å². The Morgan fingerprint density at radius 1 is 1.00 bits per heavy atom. The molecule has 0 aliphatic carbocycles. The Morgan fingerprint density at radius 2 is 1.69 bits per heavy atom. The molecule has 2 unspecified atom stereocenters. The highest BCUT2D eigenvalue weighted by molar-refractivity contribution is 5.85. The van der Waals surface area contributed by atoms with E-state index in [0.717, 1.165) is 30.6 Å². The van der Waals surface area contributed by atoms with E-state index in [2.05, 4.69) is 17.6 Å². The van der Waals surface area contributed by atoms with Crippen LogP contribution >= 0.6 is 0 Å². The summed E-state index contributed by atoms with van der Waals surface area (Å²) in [6.45, 7) is 4.95. The maximum Gasteiger partial charge on any atom is 0.225 e. The summed E-state index contributed by atoms with van der Waals surface area (Å²) < 4.78 is 0. The monoisotopic (exact) mass is 393 g/mol. The normalized spacial score (nSPS) is 19.2. The predicted molar refractivity (Wildman–Crippen MR) is 115 cm³/mol. The van der Waals surface area contributed by atoms with Gasteiger partial charge in [-0.15, -0.1) is 0 Å². The number of nitrogens with one attached hydrogen (secondary N) is 2. The van der Waals surface area contributed by atoms with Crippen LogP contribution < -0.4 is 10.6 Å². The number of nitrogens with zero attached hydrogens (tertiary/aromatic N) is 1. The van der Waals surface area contributed by atoms with E-state index in [4.69, 9.17) is 0 Å². The standard InChI is InChI=1S/C24H31N3O2/c1-2-15-25-16-17-26-24(29)21-13-14-22(28)27(18-19-9-5-3-6-10-19)23(21)20-11-7-4-8-12-20/h3-12,21,23,25H,2,13-18H2,1H3,(H,26,29). The molecule has 2 N–H and O–H groups in total. The zero-order chi connectivity index (χ0) is 20.5. The van der Waals surface area contributed by atoms with E-state index in [1.807, 2.05) is 65.6 Å². The van der Waals surface area contributed by atoms with E-state index in [9.17, 15) is 9.59 Å². The lowest BCUT2D eigenvalue weighted by Gasteiger charge is -2.41. The number of likely N-dealkylation sites (tertiary alicyclic amines) is 1. The fraction of sp³-hybridized carbons (Fsp3) is 0.417. The van der Waals surface area contributed by atoms with E-state index in [1.165, 1.54) is 0 Å². The van der Waals surface area contributed by atoms with Crippen molar-refractivity contribution in [3.8, 4) is 0 Å². The molecule has 3 rings (SSSR count). The van der Waals surface area contributed by atoms with Crippen LogP contribution in [0.15, 0.2) is 60.7 Å². The minimum atomic E-state index is -0.249. The molecule has 1 heterocycles. The fourth-order valence-electron chi connectivity index (χ4n) is 3.96. The molecule has 0 bridgehead atoms. The van der Waals surface area contributed by atoms with Gasteiger partial charge in [-0.05, 0) is 30.5 Å². The third-order valence-electron chi connectivity index (χ3n) is 5.41. The van der Waals surface area contributed by atoms with Crippen molar-refractivity contribution >= 4 is 11.8 Å². The Morgan fingerprint density at radius 3 is 2.38 bits per heavy atom. The Balaban J connectivity index is 1.79. The van der Waals surface area contributed by atoms with Gasteiger partial charge in [-0.3, -0.25) is 9.59 Å². The van der Waals surface area contributed by atoms with E-state index < -0.39 is 0 Å². The number of benzene rings is 2. The van der Waals surface area contributed by atoms with Crippen LogP contribution in [0.4, 0.5) is 0 Å². The van der Waals surface area contributed by atoms with Gasteiger partial charge in [0.25, 0.3) is 0 Å². The maximum atomic E-state index is 13.0. The number of amides is 2. The summed E-state index contributed by atoms with van der Waals surface area (Å²) in [7, 11) is 0. The molecule has 1 saturated heterocycles. The molecule has 0 radical (unpaired) electrons. The van der Waals surface area contributed by atoms with Crippen molar-refractivity contribution < 1.29 is 9.59 Å². The summed E-state index contributed by atoms with van der Waals surface area (Å²) >= 11 is 0. The molecule has 154 valence electrons. The fourth-order valence-corrected chi connectivity index (χ4v) is 3.96. The molecule has 2 aromatic carbocycles. The van der Waals surface area contributed by atoms with Crippen molar-refractivity contribution in [3.05, 3.63) is 71.8 Å². The van der Waals surface area contributed by atoms with Crippen LogP contribution in [0.1, 0.15) is 43.4 Å². The summed E-state index contributed by atoms with van der Waals surface area (Å²) in [6, 6.07) is 19.7. The molecule has 2 atom stereocenters. The topological polar surface area (TPSA) is 61.4 Å². The van der Waals surface area contributed by atoms with E-state index in [1.54, 1.807) is 0 Å². The molecule has 1 fully saturated rings. The number of carbonyl (C=O) groups is 2. The Hall–Kier alpha value is -2.66. The van der Waals surface area contributed by atoms with Crippen molar-refractivity contribution in [2.45, 2.75) is 38.8 Å². The van der Waals surface area contributed by atoms with Crippen molar-refractivity contribution in [1.29, 1.82) is 0 Å². The maximum absolute atomic E-state index is 13.0. The van der Waals surface area contributed by atoms with Gasteiger partial charge in [0.15, 0.2) is 0 Å². The van der Waals surface area contributed by atoms with Gasteiger partial charge in [0, 0.05) is 26.1 Å². The Labute approximate surface area is 173 Å². The quantitative estimate of drug-likeness (QED) is 0.643. The molecule has 0 saturated carbocycles. The third-order valence-corrected chi connectivity index (χ3v) is 5.41. The first kappa shape index (κ1) is 21.1. The second kappa shape index (κ2) is 10.8. The Kier molecular flexibility index (Phi) is 7.82. The first-order valence-electron chi connectivity index (χ1n) is 10.6. The van der Waals surface area contributed by atoms with E-state index in [-0.39, 0.29) is 23.8 Å². The molecular weight excluding hydrogens is 362 g/mol. The first-order valence-corrected chi connectivity index (χ1v) is 10.6. The lowest BCUT2D eigenvalue weighted by molar-refractivity contribution is -0.144. The van der Waals surface area contributed by atoms with Gasteiger partial charge in [-0.25, -0.2) is 0 Å². The lowest BCUT2D eigenvalue weighted by Crippen LogP contribution is -2.48. The molecule has 1 aliphatic rings. The van der Waals surface area contributed by atoms with E-state index >= 15 is 0 Å². The second-order valence-corrected chi connectivity index (χ2v) is 7.55. The van der Waals surface area contributed by atoms with Gasteiger partial charge in [0.1, 0.15) is 0 Å². The van der Waals surface area contributed by atoms with E-state index in [0.29, 0.717) is 25.9 Å². The highest BCUT2D eigenvalue weighted by atomic mass is 16.2. The number of rotatable bonds is 9. The Bertz CT molecular complexity index is 779. The third kappa shape index (κ3) is 5.67. The largest absolute Gasteiger partial charge is 0.355 e. The molecular formula is C24H31N3O2. The summed E-state index contributed by atoms with van der Waals surface area (Å²) in [5.74, 6) is -0.107. The molecule has 2 aromatic rings. The van der Waals surface area contributed by atoms with Gasteiger partial charge in [0.05, 0.1) is 12.0 Å². The zero-order valence-corrected chi connectivity index (χ0v) is 17.1. The number of carbonyl (C=O) groups excluding carboxylic acids is 2. The molecule has 29 heavy (non-hydrogen) atoms. The average Bonchev–Trinajstić information content (AvgIpc) is 2.76. The van der Waals surface area contributed by atoms with Crippen LogP contribution in [0, 0.1) is 5.92 Å². The summed E-state index contributed by atoms with van der Waals surface area (Å²) in [4.78, 5) is 27.8. The smallest absolute Gasteiger partial charge is 0.225 e. The zero-order valence-electron chi connectivity index (χ0n) is 17.1. The van der Waals surface area contributed by atoms with Crippen molar-refractivity contribution in [1.82, 2.24) is 15.5 Å². The van der Waals surface area contributed by atoms with Gasteiger partial charge >= 0.3 is 0 Å². The van der Waals surface area contributed by atoms with Crippen LogP contribution in [0.3, 0.4) is 0 Å². The summed E-state index contributed by atoms with van der Waals surface area (Å²) in [5.41, 5.74) is 2.09. The molecule has 5 nitrogen and oxygen atoms in total. The number of hydrogen-bond acceptors (Lipinski definition) is 3. The highest BCUT2D eigenvalue weighted by Crippen LogP contribution is 2.37. The molecule has 2 amide bonds. The van der Waals surface area contributed by atoms with Crippen LogP contribution in [0.25, 0.3) is 0 Å². The minimum Gasteiger partial charge on any atom is -0.355 e. The van der Waals surface area contributed by atoms with Crippen LogP contribution in [0.2, 0.25) is 0 Å². The van der Waals surface area contributed by atoms with Gasteiger partial charge in [0.2, 0.25) is 11.8 Å². The number of hydrogen-bond donors (Lipinski definition) is 2. The first-order chi connectivity index (χ1) is 14.2. The van der Waals surface area contributed by atoms with Crippen molar-refractivity contribution in [2.75, 3.05) is 19.6 Å². The summed E-state index contributed by atoms with van der Waals surface area (Å²) in [6.07, 6.45) is 2.06. The van der Waals surface area contributed by atoms with Crippen LogP contribution in [0.5, 0.6) is 0 Å². The van der Waals surface area contributed by atoms with Crippen molar-refractivity contribution in [2.24, 2.45) is 5.92 Å². The molecule has 1 aliphatic heterocycles. The predicted octanol–water partition coefficient (Wildman–Crippen LogP) is 3.28. The minimum absolute atomic E-state index is 0.0303. The average molecular weight is 394 g/mol. The lowest BCUT2D eigenvalue weighted by atomic mass is 9.83. The second-order valence-electron chi connectivity index (χ2n) is 7.55. The van der Waals surface area contributed by atoms with Gasteiger partial charge in [-0.2, -0.15) is 0 Å². The van der Waals surface area contributed by atoms with Crippen LogP contribution in [-0.2, 0) is 16.1 Å². The van der Waals surface area contributed by atoms with Gasteiger partial charge < -0.3 is 15.5 Å².